The first-order valence-electron chi connectivity index (χ1n) is 8.06. The van der Waals surface area contributed by atoms with Crippen LogP contribution in [0.15, 0.2) is 66.7 Å². The van der Waals surface area contributed by atoms with Gasteiger partial charge in [-0.05, 0) is 60.5 Å². The first-order valence-corrected chi connectivity index (χ1v) is 8.82. The van der Waals surface area contributed by atoms with Crippen LogP contribution in [0.1, 0.15) is 21.5 Å². The molecule has 5 heteroatoms. The summed E-state index contributed by atoms with van der Waals surface area (Å²) in [5, 5.41) is 3.64. The number of anilines is 1. The largest absolute Gasteiger partial charge is 0.489 e. The Morgan fingerprint density at radius 2 is 1.73 bits per heavy atom. The Labute approximate surface area is 162 Å². The molecule has 132 valence electrons. The van der Waals surface area contributed by atoms with E-state index >= 15 is 0 Å². The normalized spacial score (nSPS) is 10.4. The van der Waals surface area contributed by atoms with Gasteiger partial charge < -0.3 is 10.1 Å². The van der Waals surface area contributed by atoms with Gasteiger partial charge in [0.25, 0.3) is 5.91 Å². The first-order chi connectivity index (χ1) is 12.5. The fourth-order valence-electron chi connectivity index (χ4n) is 2.40. The molecule has 0 aliphatic rings. The van der Waals surface area contributed by atoms with Gasteiger partial charge >= 0.3 is 0 Å². The van der Waals surface area contributed by atoms with E-state index in [0.29, 0.717) is 27.9 Å². The molecule has 0 radical (unpaired) electrons. The van der Waals surface area contributed by atoms with Crippen LogP contribution in [0.3, 0.4) is 0 Å². The van der Waals surface area contributed by atoms with E-state index in [1.807, 2.05) is 43.3 Å². The number of hydrogen-bond acceptors (Lipinski definition) is 2. The lowest BCUT2D eigenvalue weighted by Crippen LogP contribution is -2.11. The minimum atomic E-state index is -0.213. The summed E-state index contributed by atoms with van der Waals surface area (Å²) in [6, 6.07) is 20.1. The maximum absolute atomic E-state index is 12.3. The maximum atomic E-state index is 12.3. The highest BCUT2D eigenvalue weighted by atomic mass is 35.5. The van der Waals surface area contributed by atoms with Gasteiger partial charge in [0.2, 0.25) is 0 Å². The van der Waals surface area contributed by atoms with Gasteiger partial charge in [-0.3, -0.25) is 4.79 Å². The highest BCUT2D eigenvalue weighted by Crippen LogP contribution is 2.25. The maximum Gasteiger partial charge on any atom is 0.255 e. The third kappa shape index (κ3) is 4.78. The second-order valence-corrected chi connectivity index (χ2v) is 6.70. The zero-order valence-electron chi connectivity index (χ0n) is 14.1. The topological polar surface area (TPSA) is 38.3 Å². The lowest BCUT2D eigenvalue weighted by molar-refractivity contribution is 0.102. The molecule has 3 aromatic carbocycles. The minimum Gasteiger partial charge on any atom is -0.489 e. The van der Waals surface area contributed by atoms with Crippen LogP contribution in [0.25, 0.3) is 0 Å². The average molecular weight is 386 g/mol. The number of benzene rings is 3. The molecule has 0 heterocycles. The van der Waals surface area contributed by atoms with Crippen molar-refractivity contribution in [2.75, 3.05) is 5.32 Å². The van der Waals surface area contributed by atoms with Crippen LogP contribution in [0.4, 0.5) is 5.69 Å². The van der Waals surface area contributed by atoms with Crippen LogP contribution in [-0.4, -0.2) is 5.91 Å². The molecule has 3 nitrogen and oxygen atoms in total. The van der Waals surface area contributed by atoms with Crippen LogP contribution < -0.4 is 10.1 Å². The molecule has 0 aliphatic heterocycles. The van der Waals surface area contributed by atoms with Gasteiger partial charge in [-0.15, -0.1) is 0 Å². The second kappa shape index (κ2) is 8.26. The number of ether oxygens (including phenoxy) is 1. The van der Waals surface area contributed by atoms with Gasteiger partial charge in [0.05, 0.1) is 10.0 Å². The van der Waals surface area contributed by atoms with Crippen molar-refractivity contribution in [2.45, 2.75) is 13.5 Å². The van der Waals surface area contributed by atoms with Crippen molar-refractivity contribution >= 4 is 34.8 Å². The molecule has 3 rings (SSSR count). The molecular weight excluding hydrogens is 369 g/mol. The number of amides is 1. The second-order valence-electron chi connectivity index (χ2n) is 5.89. The molecule has 1 amide bonds. The van der Waals surface area contributed by atoms with E-state index in [4.69, 9.17) is 27.9 Å². The Morgan fingerprint density at radius 1 is 0.962 bits per heavy atom. The number of carbonyl (C=O) groups excluding carboxylic acids is 1. The summed E-state index contributed by atoms with van der Waals surface area (Å²) < 4.78 is 5.77. The van der Waals surface area contributed by atoms with Crippen molar-refractivity contribution < 1.29 is 9.53 Å². The summed E-state index contributed by atoms with van der Waals surface area (Å²) in [5.74, 6) is 0.612. The Morgan fingerprint density at radius 3 is 2.42 bits per heavy atom. The minimum absolute atomic E-state index is 0.213. The third-order valence-electron chi connectivity index (χ3n) is 3.79. The van der Waals surface area contributed by atoms with Gasteiger partial charge in [-0.1, -0.05) is 47.5 Å². The summed E-state index contributed by atoms with van der Waals surface area (Å²) in [7, 11) is 0. The molecule has 1 N–H and O–H groups in total. The molecule has 26 heavy (non-hydrogen) atoms. The summed E-state index contributed by atoms with van der Waals surface area (Å²) in [6.45, 7) is 2.46. The molecule has 0 atom stereocenters. The number of carbonyl (C=O) groups is 1. The van der Waals surface area contributed by atoms with E-state index < -0.39 is 0 Å². The molecule has 3 aromatic rings. The first kappa shape index (κ1) is 18.3. The fourth-order valence-corrected chi connectivity index (χ4v) is 2.70. The van der Waals surface area contributed by atoms with Crippen LogP contribution in [0.2, 0.25) is 10.0 Å². The van der Waals surface area contributed by atoms with Crippen molar-refractivity contribution in [3.63, 3.8) is 0 Å². The summed E-state index contributed by atoms with van der Waals surface area (Å²) in [5.41, 5.74) is 3.28. The lowest BCUT2D eigenvalue weighted by atomic mass is 10.1. The zero-order valence-corrected chi connectivity index (χ0v) is 15.6. The van der Waals surface area contributed by atoms with Crippen LogP contribution in [0.5, 0.6) is 5.75 Å². The van der Waals surface area contributed by atoms with Crippen molar-refractivity contribution in [1.29, 1.82) is 0 Å². The van der Waals surface area contributed by atoms with Crippen LogP contribution >= 0.6 is 23.2 Å². The summed E-state index contributed by atoms with van der Waals surface area (Å²) in [4.78, 5) is 12.3. The van der Waals surface area contributed by atoms with Crippen molar-refractivity contribution in [1.82, 2.24) is 0 Å². The number of aryl methyl sites for hydroxylation is 1. The zero-order chi connectivity index (χ0) is 18.5. The SMILES string of the molecule is Cc1cccc(OCc2ccc(C(=O)Nc3ccc(Cl)c(Cl)c3)cc2)c1. The predicted molar refractivity (Wildman–Crippen MR) is 106 cm³/mol. The molecule has 0 spiro atoms. The monoisotopic (exact) mass is 385 g/mol. The predicted octanol–water partition coefficient (Wildman–Crippen LogP) is 6.13. The van der Waals surface area contributed by atoms with E-state index in [1.54, 1.807) is 30.3 Å². The van der Waals surface area contributed by atoms with Crippen molar-refractivity contribution in [3.05, 3.63) is 93.5 Å². The molecule has 0 bridgehead atoms. The highest BCUT2D eigenvalue weighted by molar-refractivity contribution is 6.42. The fraction of sp³-hybridized carbons (Fsp3) is 0.0952. The van der Waals surface area contributed by atoms with Gasteiger partial charge in [-0.2, -0.15) is 0 Å². The number of rotatable bonds is 5. The van der Waals surface area contributed by atoms with Gasteiger partial charge in [0.1, 0.15) is 12.4 Å². The third-order valence-corrected chi connectivity index (χ3v) is 4.53. The highest BCUT2D eigenvalue weighted by Gasteiger charge is 2.08. The quantitative estimate of drug-likeness (QED) is 0.573. The van der Waals surface area contributed by atoms with Gasteiger partial charge in [0, 0.05) is 11.3 Å². The summed E-state index contributed by atoms with van der Waals surface area (Å²) in [6.07, 6.45) is 0. The van der Waals surface area contributed by atoms with E-state index in [1.165, 1.54) is 0 Å². The van der Waals surface area contributed by atoms with Gasteiger partial charge in [0.15, 0.2) is 0 Å². The Bertz CT molecular complexity index is 924. The standard InChI is InChI=1S/C21H17Cl2NO2/c1-14-3-2-4-18(11-14)26-13-15-5-7-16(8-6-15)21(25)24-17-9-10-19(22)20(23)12-17/h2-12H,13H2,1H3,(H,24,25). The summed E-state index contributed by atoms with van der Waals surface area (Å²) >= 11 is 11.8. The van der Waals surface area contributed by atoms with E-state index in [-0.39, 0.29) is 5.91 Å². The van der Waals surface area contributed by atoms with E-state index in [9.17, 15) is 4.79 Å². The molecule has 0 aromatic heterocycles. The smallest absolute Gasteiger partial charge is 0.255 e. The van der Waals surface area contributed by atoms with E-state index in [0.717, 1.165) is 16.9 Å². The Kier molecular flexibility index (Phi) is 5.82. The lowest BCUT2D eigenvalue weighted by Gasteiger charge is -2.09. The van der Waals surface area contributed by atoms with Crippen molar-refractivity contribution in [2.24, 2.45) is 0 Å². The molecule has 0 saturated heterocycles. The number of hydrogen-bond donors (Lipinski definition) is 1. The van der Waals surface area contributed by atoms with E-state index in [2.05, 4.69) is 5.32 Å². The van der Waals surface area contributed by atoms with Gasteiger partial charge in [-0.25, -0.2) is 0 Å². The number of nitrogens with one attached hydrogen (secondary N) is 1. The van der Waals surface area contributed by atoms with Crippen LogP contribution in [-0.2, 0) is 6.61 Å². The molecule has 0 fully saturated rings. The molecular formula is C21H17Cl2NO2. The molecule has 0 aliphatic carbocycles. The molecule has 0 saturated carbocycles. The Hall–Kier alpha value is -2.49. The molecule has 0 unspecified atom stereocenters. The van der Waals surface area contributed by atoms with Crippen molar-refractivity contribution in [3.8, 4) is 5.75 Å². The van der Waals surface area contributed by atoms with Crippen LogP contribution in [0, 0.1) is 6.92 Å². The average Bonchev–Trinajstić information content (AvgIpc) is 2.63. The Balaban J connectivity index is 1.61. The number of halogens is 2.